The number of hydrogen-bond donors (Lipinski definition) is 1. The van der Waals surface area contributed by atoms with E-state index < -0.39 is 5.97 Å². The SMILES string of the molecule is CCn1cncc1CN1CCCC(C(C)CC(=O)O)C1. The number of carbonyl (C=O) groups is 1. The van der Waals surface area contributed by atoms with Crippen LogP contribution >= 0.6 is 0 Å². The maximum Gasteiger partial charge on any atom is 0.303 e. The highest BCUT2D eigenvalue weighted by molar-refractivity contribution is 5.67. The molecule has 0 radical (unpaired) electrons. The van der Waals surface area contributed by atoms with Crippen LogP contribution in [0.15, 0.2) is 12.5 Å². The molecule has 2 atom stereocenters. The summed E-state index contributed by atoms with van der Waals surface area (Å²) in [4.78, 5) is 17.5. The van der Waals surface area contributed by atoms with E-state index in [4.69, 9.17) is 5.11 Å². The molecule has 5 nitrogen and oxygen atoms in total. The van der Waals surface area contributed by atoms with E-state index in [9.17, 15) is 4.79 Å². The average Bonchev–Trinajstić information content (AvgIpc) is 2.85. The molecule has 1 N–H and O–H groups in total. The van der Waals surface area contributed by atoms with Crippen molar-refractivity contribution >= 4 is 5.97 Å². The zero-order chi connectivity index (χ0) is 14.5. The lowest BCUT2D eigenvalue weighted by molar-refractivity contribution is -0.138. The van der Waals surface area contributed by atoms with Gasteiger partial charge in [0.25, 0.3) is 0 Å². The molecule has 1 aromatic heterocycles. The van der Waals surface area contributed by atoms with Crippen LogP contribution < -0.4 is 0 Å². The van der Waals surface area contributed by atoms with E-state index in [0.717, 1.165) is 39.0 Å². The molecule has 1 aliphatic rings. The van der Waals surface area contributed by atoms with Crippen molar-refractivity contribution in [2.24, 2.45) is 11.8 Å². The molecule has 2 unspecified atom stereocenters. The van der Waals surface area contributed by atoms with Gasteiger partial charge >= 0.3 is 5.97 Å². The highest BCUT2D eigenvalue weighted by Crippen LogP contribution is 2.26. The van der Waals surface area contributed by atoms with Crippen LogP contribution in [0.2, 0.25) is 0 Å². The van der Waals surface area contributed by atoms with Gasteiger partial charge in [0, 0.05) is 32.3 Å². The lowest BCUT2D eigenvalue weighted by atomic mass is 9.84. The Hall–Kier alpha value is -1.36. The summed E-state index contributed by atoms with van der Waals surface area (Å²) in [6.07, 6.45) is 6.41. The highest BCUT2D eigenvalue weighted by atomic mass is 16.4. The molecule has 1 aliphatic heterocycles. The second-order valence-electron chi connectivity index (χ2n) is 5.88. The average molecular weight is 279 g/mol. The normalized spacial score (nSPS) is 21.8. The minimum absolute atomic E-state index is 0.256. The Morgan fingerprint density at radius 2 is 2.40 bits per heavy atom. The molecule has 5 heteroatoms. The van der Waals surface area contributed by atoms with Crippen molar-refractivity contribution in [1.29, 1.82) is 0 Å². The fourth-order valence-corrected chi connectivity index (χ4v) is 3.14. The Morgan fingerprint density at radius 3 is 3.10 bits per heavy atom. The molecule has 112 valence electrons. The minimum atomic E-state index is -0.682. The van der Waals surface area contributed by atoms with Crippen molar-refractivity contribution in [2.75, 3.05) is 13.1 Å². The molecule has 0 aromatic carbocycles. The Kier molecular flexibility index (Phi) is 5.17. The Bertz CT molecular complexity index is 444. The standard InChI is InChI=1S/C15H25N3O2/c1-3-18-11-16-8-14(18)10-17-6-4-5-13(9-17)12(2)7-15(19)20/h8,11-13H,3-7,9-10H2,1-2H3,(H,19,20). The van der Waals surface area contributed by atoms with Crippen molar-refractivity contribution < 1.29 is 9.90 Å². The monoisotopic (exact) mass is 279 g/mol. The highest BCUT2D eigenvalue weighted by Gasteiger charge is 2.26. The van der Waals surface area contributed by atoms with Gasteiger partial charge in [-0.3, -0.25) is 9.69 Å². The van der Waals surface area contributed by atoms with E-state index in [0.29, 0.717) is 5.92 Å². The van der Waals surface area contributed by atoms with E-state index in [1.54, 1.807) is 0 Å². The van der Waals surface area contributed by atoms with Gasteiger partial charge in [-0.25, -0.2) is 4.98 Å². The summed E-state index contributed by atoms with van der Waals surface area (Å²) in [5, 5.41) is 8.93. The Labute approximate surface area is 120 Å². The quantitative estimate of drug-likeness (QED) is 0.867. The lowest BCUT2D eigenvalue weighted by Crippen LogP contribution is -2.38. The molecule has 0 saturated carbocycles. The van der Waals surface area contributed by atoms with E-state index in [-0.39, 0.29) is 12.3 Å². The number of carboxylic acid groups (broad SMARTS) is 1. The molecule has 1 saturated heterocycles. The van der Waals surface area contributed by atoms with Crippen molar-refractivity contribution in [3.63, 3.8) is 0 Å². The third-order valence-electron chi connectivity index (χ3n) is 4.37. The first kappa shape index (κ1) is 15.0. The largest absolute Gasteiger partial charge is 0.481 e. The maximum absolute atomic E-state index is 10.8. The zero-order valence-electron chi connectivity index (χ0n) is 12.5. The van der Waals surface area contributed by atoms with Crippen LogP contribution in [0.25, 0.3) is 0 Å². The fourth-order valence-electron chi connectivity index (χ4n) is 3.14. The minimum Gasteiger partial charge on any atom is -0.481 e. The van der Waals surface area contributed by atoms with Crippen LogP contribution in [0.1, 0.15) is 38.8 Å². The van der Waals surface area contributed by atoms with Crippen LogP contribution in [0.5, 0.6) is 0 Å². The second kappa shape index (κ2) is 6.88. The molecule has 2 rings (SSSR count). The molecule has 0 bridgehead atoms. The summed E-state index contributed by atoms with van der Waals surface area (Å²) in [6, 6.07) is 0. The summed E-state index contributed by atoms with van der Waals surface area (Å²) in [6.45, 7) is 8.17. The summed E-state index contributed by atoms with van der Waals surface area (Å²) in [7, 11) is 0. The number of piperidine rings is 1. The summed E-state index contributed by atoms with van der Waals surface area (Å²) >= 11 is 0. The van der Waals surface area contributed by atoms with Crippen LogP contribution in [0, 0.1) is 11.8 Å². The first-order valence-corrected chi connectivity index (χ1v) is 7.53. The first-order valence-electron chi connectivity index (χ1n) is 7.53. The van der Waals surface area contributed by atoms with E-state index in [2.05, 4.69) is 28.3 Å². The number of likely N-dealkylation sites (tertiary alicyclic amines) is 1. The molecule has 0 aliphatic carbocycles. The number of aromatic nitrogens is 2. The molecule has 20 heavy (non-hydrogen) atoms. The summed E-state index contributed by atoms with van der Waals surface area (Å²) in [5.41, 5.74) is 1.25. The summed E-state index contributed by atoms with van der Waals surface area (Å²) in [5.74, 6) is 0.0721. The van der Waals surface area contributed by atoms with E-state index >= 15 is 0 Å². The molecular weight excluding hydrogens is 254 g/mol. The van der Waals surface area contributed by atoms with Crippen LogP contribution in [0.3, 0.4) is 0 Å². The fraction of sp³-hybridized carbons (Fsp3) is 0.733. The predicted octanol–water partition coefficient (Wildman–Crippen LogP) is 2.23. The predicted molar refractivity (Wildman–Crippen MR) is 77.3 cm³/mol. The zero-order valence-corrected chi connectivity index (χ0v) is 12.5. The Morgan fingerprint density at radius 1 is 1.60 bits per heavy atom. The lowest BCUT2D eigenvalue weighted by Gasteiger charge is -2.35. The van der Waals surface area contributed by atoms with Crippen LogP contribution in [-0.4, -0.2) is 38.6 Å². The number of hydrogen-bond acceptors (Lipinski definition) is 3. The third-order valence-corrected chi connectivity index (χ3v) is 4.37. The van der Waals surface area contributed by atoms with Gasteiger partial charge in [0.2, 0.25) is 0 Å². The molecule has 0 spiro atoms. The van der Waals surface area contributed by atoms with E-state index in [1.807, 2.05) is 12.5 Å². The van der Waals surface area contributed by atoms with Gasteiger partial charge in [-0.1, -0.05) is 6.92 Å². The van der Waals surface area contributed by atoms with Crippen molar-refractivity contribution in [3.05, 3.63) is 18.2 Å². The first-order chi connectivity index (χ1) is 9.60. The van der Waals surface area contributed by atoms with Crippen LogP contribution in [0.4, 0.5) is 0 Å². The van der Waals surface area contributed by atoms with Crippen LogP contribution in [-0.2, 0) is 17.9 Å². The maximum atomic E-state index is 10.8. The molecule has 2 heterocycles. The van der Waals surface area contributed by atoms with Gasteiger partial charge in [0.1, 0.15) is 0 Å². The second-order valence-corrected chi connectivity index (χ2v) is 5.88. The molecule has 0 amide bonds. The van der Waals surface area contributed by atoms with Crippen molar-refractivity contribution in [1.82, 2.24) is 14.5 Å². The smallest absolute Gasteiger partial charge is 0.303 e. The molecule has 1 fully saturated rings. The summed E-state index contributed by atoms with van der Waals surface area (Å²) < 4.78 is 2.17. The number of aryl methyl sites for hydroxylation is 1. The Balaban J connectivity index is 1.91. The number of nitrogens with zero attached hydrogens (tertiary/aromatic N) is 3. The number of aliphatic carboxylic acids is 1. The molecular formula is C15H25N3O2. The van der Waals surface area contributed by atoms with Crippen molar-refractivity contribution in [3.8, 4) is 0 Å². The van der Waals surface area contributed by atoms with Crippen molar-refractivity contribution in [2.45, 2.75) is 46.2 Å². The molecule has 1 aromatic rings. The number of rotatable bonds is 6. The van der Waals surface area contributed by atoms with Gasteiger partial charge in [-0.05, 0) is 38.1 Å². The van der Waals surface area contributed by atoms with Gasteiger partial charge in [0.05, 0.1) is 12.0 Å². The van der Waals surface area contributed by atoms with Gasteiger partial charge in [-0.15, -0.1) is 0 Å². The van der Waals surface area contributed by atoms with Gasteiger partial charge < -0.3 is 9.67 Å². The number of imidazole rings is 1. The third kappa shape index (κ3) is 3.82. The van der Waals surface area contributed by atoms with E-state index in [1.165, 1.54) is 5.69 Å². The number of carboxylic acids is 1. The topological polar surface area (TPSA) is 58.4 Å². The van der Waals surface area contributed by atoms with Gasteiger partial charge in [-0.2, -0.15) is 0 Å². The van der Waals surface area contributed by atoms with Gasteiger partial charge in [0.15, 0.2) is 0 Å².